The van der Waals surface area contributed by atoms with Gasteiger partial charge < -0.3 is 15.5 Å². The van der Waals surface area contributed by atoms with E-state index < -0.39 is 0 Å². The van der Waals surface area contributed by atoms with E-state index in [-0.39, 0.29) is 48.7 Å². The molecule has 2 aliphatic rings. The molecule has 0 spiro atoms. The van der Waals surface area contributed by atoms with Crippen molar-refractivity contribution in [1.82, 2.24) is 30.2 Å². The molecule has 2 fully saturated rings. The lowest BCUT2D eigenvalue weighted by Crippen LogP contribution is -2.56. The number of hydrogen-bond donors (Lipinski definition) is 2. The van der Waals surface area contributed by atoms with Gasteiger partial charge in [-0.25, -0.2) is 0 Å². The third-order valence-corrected chi connectivity index (χ3v) is 5.07. The lowest BCUT2D eigenvalue weighted by atomic mass is 10.1. The molecule has 1 aliphatic carbocycles. The van der Waals surface area contributed by atoms with E-state index in [1.807, 2.05) is 25.1 Å². The van der Waals surface area contributed by atoms with Crippen molar-refractivity contribution in [2.75, 3.05) is 33.2 Å². The van der Waals surface area contributed by atoms with Crippen LogP contribution in [0.15, 0.2) is 12.4 Å². The van der Waals surface area contributed by atoms with Crippen LogP contribution in [0.25, 0.3) is 0 Å². The number of halogens is 2. The second-order valence-electron chi connectivity index (χ2n) is 6.99. The van der Waals surface area contributed by atoms with E-state index in [0.717, 1.165) is 18.4 Å². The van der Waals surface area contributed by atoms with Crippen LogP contribution in [0.2, 0.25) is 0 Å². The first-order valence-corrected chi connectivity index (χ1v) is 8.98. The molecule has 0 aromatic carbocycles. The average molecular weight is 421 g/mol. The van der Waals surface area contributed by atoms with Crippen molar-refractivity contribution in [3.63, 3.8) is 0 Å². The second-order valence-corrected chi connectivity index (χ2v) is 6.99. The maximum Gasteiger partial charge on any atom is 0.244 e. The number of amides is 2. The average Bonchev–Trinajstić information content (AvgIpc) is 3.33. The van der Waals surface area contributed by atoms with Gasteiger partial charge in [-0.1, -0.05) is 0 Å². The van der Waals surface area contributed by atoms with Gasteiger partial charge in [0.15, 0.2) is 0 Å². The molecule has 1 saturated heterocycles. The molecule has 27 heavy (non-hydrogen) atoms. The fourth-order valence-corrected chi connectivity index (χ4v) is 3.25. The lowest BCUT2D eigenvalue weighted by molar-refractivity contribution is -0.136. The summed E-state index contributed by atoms with van der Waals surface area (Å²) in [6.45, 7) is 4.65. The van der Waals surface area contributed by atoms with Gasteiger partial charge >= 0.3 is 0 Å². The Balaban J connectivity index is 0.00000182. The van der Waals surface area contributed by atoms with Crippen molar-refractivity contribution in [3.05, 3.63) is 18.0 Å². The summed E-state index contributed by atoms with van der Waals surface area (Å²) < 4.78 is 1.70. The van der Waals surface area contributed by atoms with Gasteiger partial charge in [0.05, 0.1) is 12.2 Å². The van der Waals surface area contributed by atoms with Crippen LogP contribution in [0.5, 0.6) is 0 Å². The lowest BCUT2D eigenvalue weighted by Gasteiger charge is -2.38. The van der Waals surface area contributed by atoms with E-state index in [2.05, 4.69) is 20.6 Å². The fraction of sp³-hybridized carbons (Fsp3) is 0.706. The van der Waals surface area contributed by atoms with Crippen LogP contribution in [0, 0.1) is 0 Å². The summed E-state index contributed by atoms with van der Waals surface area (Å²) in [6.07, 6.45) is 5.78. The fourth-order valence-electron chi connectivity index (χ4n) is 3.25. The molecule has 8 nitrogen and oxygen atoms in total. The first-order valence-electron chi connectivity index (χ1n) is 8.98. The van der Waals surface area contributed by atoms with Crippen LogP contribution >= 0.6 is 24.8 Å². The predicted octanol–water partition coefficient (Wildman–Crippen LogP) is 0.336. The number of carbonyl (C=O) groups is 2. The minimum Gasteiger partial charge on any atom is -0.352 e. The van der Waals surface area contributed by atoms with Crippen molar-refractivity contribution >= 4 is 36.6 Å². The number of nitrogens with zero attached hydrogens (tertiary/aromatic N) is 4. The van der Waals surface area contributed by atoms with E-state index in [0.29, 0.717) is 32.2 Å². The summed E-state index contributed by atoms with van der Waals surface area (Å²) in [4.78, 5) is 29.1. The maximum absolute atomic E-state index is 12.8. The number of hydrogen-bond acceptors (Lipinski definition) is 5. The molecule has 2 amide bonds. The van der Waals surface area contributed by atoms with Crippen molar-refractivity contribution in [1.29, 1.82) is 0 Å². The molecule has 1 aromatic heterocycles. The van der Waals surface area contributed by atoms with Crippen molar-refractivity contribution < 1.29 is 9.59 Å². The van der Waals surface area contributed by atoms with Crippen LogP contribution in [-0.2, 0) is 16.6 Å². The topological polar surface area (TPSA) is 82.5 Å². The monoisotopic (exact) mass is 420 g/mol. The highest BCUT2D eigenvalue weighted by Crippen LogP contribution is 2.20. The Labute approximate surface area is 172 Å². The van der Waals surface area contributed by atoms with E-state index in [9.17, 15) is 9.59 Å². The van der Waals surface area contributed by atoms with Gasteiger partial charge in [0.1, 0.15) is 6.04 Å². The third kappa shape index (κ3) is 5.81. The molecule has 3 rings (SSSR count). The minimum atomic E-state index is -0.379. The van der Waals surface area contributed by atoms with Crippen molar-refractivity contribution in [2.45, 2.75) is 37.9 Å². The molecule has 2 N–H and O–H groups in total. The van der Waals surface area contributed by atoms with Gasteiger partial charge in [0.2, 0.25) is 11.8 Å². The molecule has 2 unspecified atom stereocenters. The quantitative estimate of drug-likeness (QED) is 0.692. The Bertz CT molecular complexity index is 629. The molecule has 154 valence electrons. The molecular weight excluding hydrogens is 391 g/mol. The minimum absolute atomic E-state index is 0. The van der Waals surface area contributed by atoms with Crippen molar-refractivity contribution in [2.24, 2.45) is 7.05 Å². The molecule has 0 radical (unpaired) electrons. The number of rotatable bonds is 6. The predicted molar refractivity (Wildman–Crippen MR) is 108 cm³/mol. The Morgan fingerprint density at radius 2 is 1.81 bits per heavy atom. The molecule has 0 bridgehead atoms. The van der Waals surface area contributed by atoms with E-state index in [1.54, 1.807) is 17.9 Å². The van der Waals surface area contributed by atoms with E-state index >= 15 is 0 Å². The van der Waals surface area contributed by atoms with E-state index in [4.69, 9.17) is 0 Å². The number of piperazine rings is 1. The first kappa shape index (κ1) is 23.7. The van der Waals surface area contributed by atoms with Gasteiger partial charge in [-0.2, -0.15) is 5.10 Å². The maximum atomic E-state index is 12.8. The van der Waals surface area contributed by atoms with Crippen LogP contribution in [0.3, 0.4) is 0 Å². The zero-order valence-corrected chi connectivity index (χ0v) is 17.7. The number of aryl methyl sites for hydroxylation is 1. The van der Waals surface area contributed by atoms with E-state index in [1.165, 1.54) is 0 Å². The molecule has 2 heterocycles. The van der Waals surface area contributed by atoms with Crippen LogP contribution in [0.4, 0.5) is 0 Å². The summed E-state index contributed by atoms with van der Waals surface area (Å²) in [7, 11) is 3.63. The molecule has 1 aromatic rings. The highest BCUT2D eigenvalue weighted by Gasteiger charge is 2.32. The molecule has 1 aliphatic heterocycles. The van der Waals surface area contributed by atoms with Crippen LogP contribution in [0.1, 0.15) is 31.4 Å². The normalized spacial score (nSPS) is 19.4. The molecular formula is C17H30Cl2N6O2. The summed E-state index contributed by atoms with van der Waals surface area (Å²) in [5.74, 6) is 0.163. The zero-order chi connectivity index (χ0) is 18.0. The number of likely N-dealkylation sites (N-methyl/N-ethyl adjacent to an activating group) is 1. The largest absolute Gasteiger partial charge is 0.352 e. The number of nitrogens with one attached hydrogen (secondary N) is 2. The summed E-state index contributed by atoms with van der Waals surface area (Å²) >= 11 is 0. The summed E-state index contributed by atoms with van der Waals surface area (Å²) in [6, 6.07) is -0.138. The standard InChI is InChI=1S/C17H28N6O2.2ClH/c1-12(16(24)20-14-4-5-14)22-6-8-23(9-7-22)17(25)15(18-2)13-10-19-21(3)11-13;;/h10-12,14-15,18H,4-9H2,1-3H3,(H,20,24);2*1H. The Hall–Kier alpha value is -1.35. The first-order chi connectivity index (χ1) is 12.0. The van der Waals surface area contributed by atoms with Crippen LogP contribution < -0.4 is 10.6 Å². The second kappa shape index (κ2) is 10.3. The molecule has 10 heteroatoms. The molecule has 2 atom stereocenters. The summed E-state index contributed by atoms with van der Waals surface area (Å²) in [5, 5.41) is 10.3. The van der Waals surface area contributed by atoms with Crippen molar-refractivity contribution in [3.8, 4) is 0 Å². The summed E-state index contributed by atoms with van der Waals surface area (Å²) in [5.41, 5.74) is 0.870. The van der Waals surface area contributed by atoms with Gasteiger partial charge in [-0.15, -0.1) is 24.8 Å². The Morgan fingerprint density at radius 1 is 1.19 bits per heavy atom. The smallest absolute Gasteiger partial charge is 0.244 e. The van der Waals surface area contributed by atoms with Crippen LogP contribution in [-0.4, -0.2) is 76.7 Å². The molecule has 1 saturated carbocycles. The SMILES string of the molecule is CNC(C(=O)N1CCN(C(C)C(=O)NC2CC2)CC1)c1cnn(C)c1.Cl.Cl. The third-order valence-electron chi connectivity index (χ3n) is 5.07. The van der Waals surface area contributed by atoms with Gasteiger partial charge in [-0.3, -0.25) is 19.2 Å². The van der Waals surface area contributed by atoms with Gasteiger partial charge in [-0.05, 0) is 26.8 Å². The Kier molecular flexibility index (Phi) is 9.01. The highest BCUT2D eigenvalue weighted by molar-refractivity contribution is 5.86. The Morgan fingerprint density at radius 3 is 2.30 bits per heavy atom. The van der Waals surface area contributed by atoms with Gasteiger partial charge in [0, 0.05) is 51.0 Å². The number of aromatic nitrogens is 2. The zero-order valence-electron chi connectivity index (χ0n) is 16.1. The van der Waals surface area contributed by atoms with Gasteiger partial charge in [0.25, 0.3) is 0 Å². The highest BCUT2D eigenvalue weighted by atomic mass is 35.5. The number of carbonyl (C=O) groups excluding carboxylic acids is 2.